The van der Waals surface area contributed by atoms with Crippen molar-refractivity contribution in [3.05, 3.63) is 63.5 Å². The molecule has 0 fully saturated rings. The maximum Gasteiger partial charge on any atom is 0.303 e. The molecule has 0 spiro atoms. The van der Waals surface area contributed by atoms with Gasteiger partial charge in [-0.25, -0.2) is 0 Å². The van der Waals surface area contributed by atoms with E-state index in [1.807, 2.05) is 13.1 Å². The molecule has 1 aromatic heterocycles. The Labute approximate surface area is 138 Å². The molecule has 0 atom stereocenters. The first-order valence-corrected chi connectivity index (χ1v) is 7.62. The molecule has 0 unspecified atom stereocenters. The summed E-state index contributed by atoms with van der Waals surface area (Å²) in [7, 11) is 0. The Morgan fingerprint density at radius 1 is 1.25 bits per heavy atom. The fourth-order valence-electron chi connectivity index (χ4n) is 2.49. The SMILES string of the molecule is CCn1cc(CCCC(=O)O)cc1C(=O)c1ccc([N+](=O)[O-])cc1. The number of ketones is 1. The molecule has 126 valence electrons. The highest BCUT2D eigenvalue weighted by molar-refractivity contribution is 6.08. The predicted octanol–water partition coefficient (Wildman–Crippen LogP) is 3.05. The smallest absolute Gasteiger partial charge is 0.303 e. The van der Waals surface area contributed by atoms with Crippen molar-refractivity contribution in [2.75, 3.05) is 0 Å². The number of rotatable bonds is 8. The van der Waals surface area contributed by atoms with E-state index in [2.05, 4.69) is 0 Å². The van der Waals surface area contributed by atoms with Crippen molar-refractivity contribution in [2.24, 2.45) is 0 Å². The van der Waals surface area contributed by atoms with Gasteiger partial charge >= 0.3 is 5.97 Å². The van der Waals surface area contributed by atoms with Gasteiger partial charge in [0.05, 0.1) is 10.6 Å². The normalized spacial score (nSPS) is 10.5. The summed E-state index contributed by atoms with van der Waals surface area (Å²) in [5.74, 6) is -1.05. The van der Waals surface area contributed by atoms with E-state index in [-0.39, 0.29) is 17.9 Å². The average Bonchev–Trinajstić information content (AvgIpc) is 2.97. The zero-order valence-electron chi connectivity index (χ0n) is 13.3. The van der Waals surface area contributed by atoms with Crippen molar-refractivity contribution in [1.29, 1.82) is 0 Å². The first kappa shape index (κ1) is 17.4. The van der Waals surface area contributed by atoms with E-state index in [9.17, 15) is 19.7 Å². The molecule has 0 aliphatic rings. The number of nitrogens with zero attached hydrogens (tertiary/aromatic N) is 2. The number of nitro benzene ring substituents is 1. The van der Waals surface area contributed by atoms with Gasteiger partial charge in [0.2, 0.25) is 5.78 Å². The highest BCUT2D eigenvalue weighted by Gasteiger charge is 2.16. The van der Waals surface area contributed by atoms with Crippen molar-refractivity contribution >= 4 is 17.4 Å². The van der Waals surface area contributed by atoms with Crippen molar-refractivity contribution in [1.82, 2.24) is 4.57 Å². The van der Waals surface area contributed by atoms with E-state index < -0.39 is 10.9 Å². The molecule has 0 saturated heterocycles. The van der Waals surface area contributed by atoms with Gasteiger partial charge in [0, 0.05) is 36.9 Å². The second-order valence-electron chi connectivity index (χ2n) is 5.40. The Kier molecular flexibility index (Phi) is 5.47. The molecule has 0 aliphatic carbocycles. The molecule has 7 heteroatoms. The van der Waals surface area contributed by atoms with Crippen molar-refractivity contribution < 1.29 is 19.6 Å². The molecule has 0 saturated carbocycles. The molecule has 0 amide bonds. The third-order valence-electron chi connectivity index (χ3n) is 3.72. The fourth-order valence-corrected chi connectivity index (χ4v) is 2.49. The third-order valence-corrected chi connectivity index (χ3v) is 3.72. The van der Waals surface area contributed by atoms with Crippen LogP contribution >= 0.6 is 0 Å². The van der Waals surface area contributed by atoms with Crippen LogP contribution in [0.5, 0.6) is 0 Å². The van der Waals surface area contributed by atoms with E-state index in [0.29, 0.717) is 30.6 Å². The summed E-state index contributed by atoms with van der Waals surface area (Å²) in [5.41, 5.74) is 1.72. The fraction of sp³-hybridized carbons (Fsp3) is 0.294. The molecule has 0 radical (unpaired) electrons. The highest BCUT2D eigenvalue weighted by atomic mass is 16.6. The van der Waals surface area contributed by atoms with Crippen LogP contribution in [0, 0.1) is 10.1 Å². The monoisotopic (exact) mass is 330 g/mol. The van der Waals surface area contributed by atoms with Gasteiger partial charge in [-0.1, -0.05) is 0 Å². The molecule has 2 rings (SSSR count). The van der Waals surface area contributed by atoms with Gasteiger partial charge < -0.3 is 9.67 Å². The lowest BCUT2D eigenvalue weighted by Gasteiger charge is -2.05. The van der Waals surface area contributed by atoms with Crippen LogP contribution in [0.3, 0.4) is 0 Å². The number of hydrogen-bond donors (Lipinski definition) is 1. The molecule has 7 nitrogen and oxygen atoms in total. The van der Waals surface area contributed by atoms with E-state index in [1.165, 1.54) is 24.3 Å². The Morgan fingerprint density at radius 2 is 1.92 bits per heavy atom. The molecule has 1 heterocycles. The zero-order valence-corrected chi connectivity index (χ0v) is 13.3. The van der Waals surface area contributed by atoms with Crippen molar-refractivity contribution in [2.45, 2.75) is 32.7 Å². The van der Waals surface area contributed by atoms with Crippen LogP contribution in [0.1, 0.15) is 41.4 Å². The van der Waals surface area contributed by atoms with E-state index in [4.69, 9.17) is 5.11 Å². The van der Waals surface area contributed by atoms with E-state index in [0.717, 1.165) is 5.56 Å². The van der Waals surface area contributed by atoms with Crippen LogP contribution in [-0.2, 0) is 17.8 Å². The highest BCUT2D eigenvalue weighted by Crippen LogP contribution is 2.18. The van der Waals surface area contributed by atoms with Gasteiger partial charge in [0.1, 0.15) is 0 Å². The summed E-state index contributed by atoms with van der Waals surface area (Å²) < 4.78 is 1.81. The van der Waals surface area contributed by atoms with E-state index >= 15 is 0 Å². The summed E-state index contributed by atoms with van der Waals surface area (Å²) in [5, 5.41) is 19.4. The summed E-state index contributed by atoms with van der Waals surface area (Å²) in [4.78, 5) is 33.4. The number of carboxylic acids is 1. The first-order valence-electron chi connectivity index (χ1n) is 7.62. The van der Waals surface area contributed by atoms with Gasteiger partial charge in [-0.2, -0.15) is 0 Å². The van der Waals surface area contributed by atoms with Gasteiger partial charge in [-0.15, -0.1) is 0 Å². The second kappa shape index (κ2) is 7.54. The predicted molar refractivity (Wildman–Crippen MR) is 87.2 cm³/mol. The van der Waals surface area contributed by atoms with Crippen LogP contribution in [0.2, 0.25) is 0 Å². The maximum absolute atomic E-state index is 12.6. The number of aromatic nitrogens is 1. The number of benzene rings is 1. The lowest BCUT2D eigenvalue weighted by atomic mass is 10.1. The number of aryl methyl sites for hydroxylation is 2. The maximum atomic E-state index is 12.6. The molecule has 0 aliphatic heterocycles. The lowest BCUT2D eigenvalue weighted by Crippen LogP contribution is -2.08. The minimum absolute atomic E-state index is 0.0632. The number of nitro groups is 1. The molecule has 2 aromatic rings. The first-order chi connectivity index (χ1) is 11.4. The second-order valence-corrected chi connectivity index (χ2v) is 5.40. The summed E-state index contributed by atoms with van der Waals surface area (Å²) in [6.07, 6.45) is 3.03. The van der Waals surface area contributed by atoms with Crippen molar-refractivity contribution in [3.63, 3.8) is 0 Å². The zero-order chi connectivity index (χ0) is 17.7. The molecule has 24 heavy (non-hydrogen) atoms. The number of carboxylic acid groups (broad SMARTS) is 1. The summed E-state index contributed by atoms with van der Waals surface area (Å²) in [6, 6.07) is 7.25. The molecule has 1 N–H and O–H groups in total. The van der Waals surface area contributed by atoms with Crippen molar-refractivity contribution in [3.8, 4) is 0 Å². The molecular weight excluding hydrogens is 312 g/mol. The van der Waals surface area contributed by atoms with Gasteiger partial charge in [0.15, 0.2) is 0 Å². The van der Waals surface area contributed by atoms with Crippen LogP contribution in [-0.4, -0.2) is 26.3 Å². The lowest BCUT2D eigenvalue weighted by molar-refractivity contribution is -0.384. The number of carbonyl (C=O) groups excluding carboxylic acids is 1. The van der Waals surface area contributed by atoms with Gasteiger partial charge in [-0.05, 0) is 43.5 Å². The Hall–Kier alpha value is -2.96. The number of carbonyl (C=O) groups is 2. The summed E-state index contributed by atoms with van der Waals surface area (Å²) in [6.45, 7) is 2.51. The quantitative estimate of drug-likeness (QED) is 0.455. The largest absolute Gasteiger partial charge is 0.481 e. The van der Waals surface area contributed by atoms with Gasteiger partial charge in [0.25, 0.3) is 5.69 Å². The summed E-state index contributed by atoms with van der Waals surface area (Å²) >= 11 is 0. The minimum atomic E-state index is -0.841. The topological polar surface area (TPSA) is 102 Å². The van der Waals surface area contributed by atoms with Gasteiger partial charge in [-0.3, -0.25) is 19.7 Å². The molecule has 0 bridgehead atoms. The third kappa shape index (κ3) is 4.07. The molecular formula is C17H18N2O5. The number of non-ortho nitro benzene ring substituents is 1. The standard InChI is InChI=1S/C17H18N2O5/c1-2-18-11-12(4-3-5-16(20)21)10-15(18)17(22)13-6-8-14(9-7-13)19(23)24/h6-11H,2-5H2,1H3,(H,20,21). The van der Waals surface area contributed by atoms with Crippen LogP contribution in [0.25, 0.3) is 0 Å². The number of aliphatic carboxylic acids is 1. The van der Waals surface area contributed by atoms with Crippen LogP contribution in [0.15, 0.2) is 36.5 Å². The Bertz CT molecular complexity index is 762. The Balaban J connectivity index is 2.20. The van der Waals surface area contributed by atoms with Crippen LogP contribution in [0.4, 0.5) is 5.69 Å². The van der Waals surface area contributed by atoms with E-state index in [1.54, 1.807) is 10.6 Å². The average molecular weight is 330 g/mol. The Morgan fingerprint density at radius 3 is 2.46 bits per heavy atom. The van der Waals surface area contributed by atoms with Crippen LogP contribution < -0.4 is 0 Å². The molecule has 1 aromatic carbocycles. The number of hydrogen-bond acceptors (Lipinski definition) is 4. The minimum Gasteiger partial charge on any atom is -0.481 e.